The van der Waals surface area contributed by atoms with Crippen LogP contribution in [0.3, 0.4) is 0 Å². The first-order chi connectivity index (χ1) is 10.9. The Hall–Kier alpha value is 0.380. The molecule has 128 valence electrons. The molecule has 11 nitrogen and oxygen atoms in total. The van der Waals surface area contributed by atoms with Gasteiger partial charge in [0, 0.05) is 6.54 Å². The zero-order chi connectivity index (χ0) is 16.9. The van der Waals surface area contributed by atoms with Crippen molar-refractivity contribution in [3.63, 3.8) is 0 Å². The van der Waals surface area contributed by atoms with Crippen LogP contribution in [0.5, 0.6) is 0 Å². The topological polar surface area (TPSA) is 169 Å². The molecule has 0 aromatic carbocycles. The molecule has 25 heavy (non-hydrogen) atoms. The van der Waals surface area contributed by atoms with E-state index in [1.54, 1.807) is 4.57 Å². The monoisotopic (exact) mass is 391 g/mol. The fraction of sp³-hybridized carbons (Fsp3) is 0.545. The largest absolute Gasteiger partial charge is 1.00 e. The Labute approximate surface area is 188 Å². The Balaban J connectivity index is 0.00000288. The number of hydrogen-bond acceptors (Lipinski definition) is 10. The number of nitrogens with zero attached hydrogens (tertiary/aromatic N) is 4. The SMILES string of the molecule is O=P([O-])([O-])COCC(O)Cn1cnc2c(NCCO)ncnc21.[Na+].[Na+]. The van der Waals surface area contributed by atoms with E-state index in [1.807, 2.05) is 0 Å². The van der Waals surface area contributed by atoms with Gasteiger partial charge in [0.15, 0.2) is 11.5 Å². The fourth-order valence-corrected chi connectivity index (χ4v) is 2.23. The van der Waals surface area contributed by atoms with E-state index >= 15 is 0 Å². The van der Waals surface area contributed by atoms with E-state index in [0.717, 1.165) is 0 Å². The number of aliphatic hydroxyl groups excluding tert-OH is 2. The van der Waals surface area contributed by atoms with Crippen LogP contribution in [0.2, 0.25) is 0 Å². The summed E-state index contributed by atoms with van der Waals surface area (Å²) in [6.45, 7) is -0.0186. The normalized spacial score (nSPS) is 12.3. The minimum atomic E-state index is -4.75. The Bertz CT molecular complexity index is 699. The van der Waals surface area contributed by atoms with E-state index in [1.165, 1.54) is 12.7 Å². The first-order valence-corrected chi connectivity index (χ1v) is 8.41. The Morgan fingerprint density at radius 1 is 1.32 bits per heavy atom. The average molecular weight is 391 g/mol. The van der Waals surface area contributed by atoms with Crippen molar-refractivity contribution >= 4 is 24.6 Å². The van der Waals surface area contributed by atoms with Crippen molar-refractivity contribution in [2.45, 2.75) is 12.6 Å². The molecule has 0 amide bonds. The van der Waals surface area contributed by atoms with Crippen molar-refractivity contribution in [1.29, 1.82) is 0 Å². The van der Waals surface area contributed by atoms with Crippen LogP contribution >= 0.6 is 7.60 Å². The second-order valence-electron chi connectivity index (χ2n) is 4.71. The van der Waals surface area contributed by atoms with E-state index in [4.69, 9.17) is 5.11 Å². The summed E-state index contributed by atoms with van der Waals surface area (Å²) in [7, 11) is -4.75. The van der Waals surface area contributed by atoms with E-state index in [9.17, 15) is 19.5 Å². The van der Waals surface area contributed by atoms with Crippen molar-refractivity contribution in [2.24, 2.45) is 0 Å². The average Bonchev–Trinajstić information content (AvgIpc) is 2.87. The van der Waals surface area contributed by atoms with Crippen molar-refractivity contribution in [3.05, 3.63) is 12.7 Å². The maximum Gasteiger partial charge on any atom is 1.00 e. The number of imidazole rings is 1. The van der Waals surface area contributed by atoms with Gasteiger partial charge in [-0.15, -0.1) is 0 Å². The molecular formula is C11H16N5Na2O6P. The van der Waals surface area contributed by atoms with E-state index in [0.29, 0.717) is 23.5 Å². The molecule has 2 rings (SSSR count). The molecule has 0 aliphatic carbocycles. The molecular weight excluding hydrogens is 375 g/mol. The van der Waals surface area contributed by atoms with Gasteiger partial charge in [-0.3, -0.25) is 0 Å². The van der Waals surface area contributed by atoms with Crippen LogP contribution in [-0.4, -0.2) is 61.9 Å². The number of anilines is 1. The van der Waals surface area contributed by atoms with Crippen LogP contribution < -0.4 is 74.2 Å². The molecule has 3 N–H and O–H groups in total. The van der Waals surface area contributed by atoms with Gasteiger partial charge in [0.05, 0.1) is 38.5 Å². The van der Waals surface area contributed by atoms with Crippen LogP contribution in [0.15, 0.2) is 12.7 Å². The fourth-order valence-electron chi connectivity index (χ4n) is 1.90. The number of rotatable bonds is 9. The minimum Gasteiger partial charge on any atom is -0.809 e. The summed E-state index contributed by atoms with van der Waals surface area (Å²) in [6, 6.07) is 0. The molecule has 0 spiro atoms. The van der Waals surface area contributed by atoms with E-state index in [2.05, 4.69) is 25.0 Å². The summed E-state index contributed by atoms with van der Waals surface area (Å²) >= 11 is 0. The van der Waals surface area contributed by atoms with Gasteiger partial charge in [-0.2, -0.15) is 0 Å². The first-order valence-electron chi connectivity index (χ1n) is 6.68. The molecule has 14 heteroatoms. The molecule has 1 unspecified atom stereocenters. The molecule has 1 atom stereocenters. The second-order valence-corrected chi connectivity index (χ2v) is 6.19. The zero-order valence-electron chi connectivity index (χ0n) is 14.0. The summed E-state index contributed by atoms with van der Waals surface area (Å²) in [5, 5.41) is 21.5. The predicted octanol–water partition coefficient (Wildman–Crippen LogP) is -8.51. The summed E-state index contributed by atoms with van der Waals surface area (Å²) in [6.07, 6.45) is 0.752. The molecule has 2 aromatic rings. The molecule has 0 aliphatic heterocycles. The van der Waals surface area contributed by atoms with Crippen molar-refractivity contribution in [3.8, 4) is 0 Å². The number of ether oxygens (including phenoxy) is 1. The molecule has 0 radical (unpaired) electrons. The third-order valence-electron chi connectivity index (χ3n) is 2.77. The van der Waals surface area contributed by atoms with Crippen molar-refractivity contribution in [1.82, 2.24) is 19.5 Å². The quantitative estimate of drug-likeness (QED) is 0.276. The van der Waals surface area contributed by atoms with Gasteiger partial charge < -0.3 is 39.2 Å². The summed E-state index contributed by atoms with van der Waals surface area (Å²) in [4.78, 5) is 33.1. The summed E-state index contributed by atoms with van der Waals surface area (Å²) in [5.74, 6) is 0.451. The third kappa shape index (κ3) is 8.29. The standard InChI is InChI=1S/C11H18N5O6P.2Na/c17-2-1-12-10-9-11(14-5-13-10)16(6-15-9)3-8(18)4-22-7-23(19,20)21;;/h5-6,8,17-18H,1-4,7H2,(H,12,13,14)(H2,19,20,21);;/q;2*+1/p-2. The molecule has 2 heterocycles. The number of aromatic nitrogens is 4. The smallest absolute Gasteiger partial charge is 0.809 e. The number of nitrogens with one attached hydrogen (secondary N) is 1. The maximum atomic E-state index is 10.4. The molecule has 0 bridgehead atoms. The van der Waals surface area contributed by atoms with Gasteiger partial charge in [-0.05, 0) is 7.60 Å². The first kappa shape index (κ1) is 25.4. The predicted molar refractivity (Wildman–Crippen MR) is 75.3 cm³/mol. The maximum absolute atomic E-state index is 10.4. The van der Waals surface area contributed by atoms with Crippen LogP contribution in [0, 0.1) is 0 Å². The van der Waals surface area contributed by atoms with Crippen LogP contribution in [0.4, 0.5) is 5.82 Å². The van der Waals surface area contributed by atoms with Gasteiger partial charge in [-0.1, -0.05) is 0 Å². The Kier molecular flexibility index (Phi) is 12.1. The second kappa shape index (κ2) is 12.0. The van der Waals surface area contributed by atoms with Gasteiger partial charge in [0.1, 0.15) is 11.8 Å². The number of fused-ring (bicyclic) bond motifs is 1. The molecule has 0 fully saturated rings. The number of aliphatic hydroxyl groups is 2. The Morgan fingerprint density at radius 3 is 2.68 bits per heavy atom. The number of hydrogen-bond donors (Lipinski definition) is 3. The van der Waals surface area contributed by atoms with Gasteiger partial charge in [-0.25, -0.2) is 15.0 Å². The van der Waals surface area contributed by atoms with E-state index < -0.39 is 20.0 Å². The van der Waals surface area contributed by atoms with Gasteiger partial charge >= 0.3 is 59.1 Å². The van der Waals surface area contributed by atoms with Crippen LogP contribution in [0.1, 0.15) is 0 Å². The van der Waals surface area contributed by atoms with Crippen molar-refractivity contribution in [2.75, 3.05) is 31.4 Å². The van der Waals surface area contributed by atoms with Crippen molar-refractivity contribution < 1.29 is 88.4 Å². The molecule has 2 aromatic heterocycles. The summed E-state index contributed by atoms with van der Waals surface area (Å²) in [5.41, 5.74) is 0.926. The van der Waals surface area contributed by atoms with Gasteiger partial charge in [0.25, 0.3) is 0 Å². The summed E-state index contributed by atoms with van der Waals surface area (Å²) < 4.78 is 16.6. The third-order valence-corrected chi connectivity index (χ3v) is 3.27. The van der Waals surface area contributed by atoms with E-state index in [-0.39, 0.29) is 78.9 Å². The molecule has 0 saturated heterocycles. The van der Waals surface area contributed by atoms with Crippen LogP contribution in [-0.2, 0) is 15.8 Å². The molecule has 0 aliphatic rings. The van der Waals surface area contributed by atoms with Gasteiger partial charge in [0.2, 0.25) is 0 Å². The Morgan fingerprint density at radius 2 is 2.04 bits per heavy atom. The van der Waals surface area contributed by atoms with Crippen LogP contribution in [0.25, 0.3) is 11.2 Å². The minimum absolute atomic E-state index is 0. The zero-order valence-corrected chi connectivity index (χ0v) is 18.9. The molecule has 0 saturated carbocycles.